The third-order valence-electron chi connectivity index (χ3n) is 2.81. The average molecular weight is 245 g/mol. The van der Waals surface area contributed by atoms with Gasteiger partial charge in [-0.1, -0.05) is 6.07 Å². The van der Waals surface area contributed by atoms with E-state index in [9.17, 15) is 13.2 Å². The molecule has 0 spiro atoms. The van der Waals surface area contributed by atoms with Crippen molar-refractivity contribution in [2.45, 2.75) is 12.6 Å². The van der Waals surface area contributed by atoms with Crippen LogP contribution >= 0.6 is 0 Å². The molecule has 1 heterocycles. The lowest BCUT2D eigenvalue weighted by Gasteiger charge is -2.12. The molecular formula is C12H14F3NO. The molecule has 1 fully saturated rings. The van der Waals surface area contributed by atoms with Gasteiger partial charge in [0.2, 0.25) is 0 Å². The van der Waals surface area contributed by atoms with Gasteiger partial charge in [0.05, 0.1) is 12.2 Å². The van der Waals surface area contributed by atoms with Crippen molar-refractivity contribution in [3.8, 4) is 5.75 Å². The fourth-order valence-corrected chi connectivity index (χ4v) is 1.83. The van der Waals surface area contributed by atoms with E-state index in [1.165, 1.54) is 6.07 Å². The number of hydrogen-bond donors (Lipinski definition) is 1. The molecule has 1 aliphatic rings. The van der Waals surface area contributed by atoms with E-state index in [0.717, 1.165) is 31.6 Å². The van der Waals surface area contributed by atoms with E-state index in [0.29, 0.717) is 12.5 Å². The monoisotopic (exact) mass is 245 g/mol. The van der Waals surface area contributed by atoms with Crippen LogP contribution in [0.4, 0.5) is 13.2 Å². The molecule has 0 aliphatic carbocycles. The highest BCUT2D eigenvalue weighted by molar-refractivity contribution is 5.30. The molecule has 2 nitrogen and oxygen atoms in total. The van der Waals surface area contributed by atoms with E-state index < -0.39 is 11.7 Å². The summed E-state index contributed by atoms with van der Waals surface area (Å²) in [5.74, 6) is 0.677. The van der Waals surface area contributed by atoms with Gasteiger partial charge >= 0.3 is 6.18 Å². The lowest BCUT2D eigenvalue weighted by atomic mass is 10.1. The number of halogens is 3. The Balaban J connectivity index is 1.96. The van der Waals surface area contributed by atoms with Crippen LogP contribution in [-0.4, -0.2) is 19.7 Å². The summed E-state index contributed by atoms with van der Waals surface area (Å²) in [5, 5.41) is 3.18. The van der Waals surface area contributed by atoms with Gasteiger partial charge in [-0.2, -0.15) is 13.2 Å². The van der Waals surface area contributed by atoms with Gasteiger partial charge in [-0.15, -0.1) is 0 Å². The van der Waals surface area contributed by atoms with Crippen molar-refractivity contribution >= 4 is 0 Å². The number of nitrogens with one attached hydrogen (secondary N) is 1. The summed E-state index contributed by atoms with van der Waals surface area (Å²) >= 11 is 0. The number of benzene rings is 1. The summed E-state index contributed by atoms with van der Waals surface area (Å²) in [5.41, 5.74) is -0.667. The second-order valence-electron chi connectivity index (χ2n) is 4.20. The third kappa shape index (κ3) is 3.36. The van der Waals surface area contributed by atoms with Crippen LogP contribution in [0.5, 0.6) is 5.75 Å². The molecule has 2 rings (SSSR count). The summed E-state index contributed by atoms with van der Waals surface area (Å²) < 4.78 is 42.7. The molecule has 0 radical (unpaired) electrons. The molecule has 0 amide bonds. The van der Waals surface area contributed by atoms with Gasteiger partial charge in [0, 0.05) is 12.5 Å². The first-order chi connectivity index (χ1) is 8.05. The molecule has 1 aliphatic heterocycles. The summed E-state index contributed by atoms with van der Waals surface area (Å²) in [6.07, 6.45) is -3.30. The molecule has 17 heavy (non-hydrogen) atoms. The largest absolute Gasteiger partial charge is 0.493 e. The van der Waals surface area contributed by atoms with E-state index in [-0.39, 0.29) is 5.75 Å². The number of ether oxygens (including phenoxy) is 1. The molecule has 94 valence electrons. The van der Waals surface area contributed by atoms with Crippen LogP contribution in [0.1, 0.15) is 12.0 Å². The van der Waals surface area contributed by atoms with E-state index >= 15 is 0 Å². The molecule has 1 atom stereocenters. The Morgan fingerprint density at radius 1 is 1.35 bits per heavy atom. The van der Waals surface area contributed by atoms with Crippen molar-refractivity contribution in [1.29, 1.82) is 0 Å². The zero-order valence-electron chi connectivity index (χ0n) is 9.26. The Morgan fingerprint density at radius 3 is 2.82 bits per heavy atom. The zero-order chi connectivity index (χ0) is 12.3. The number of hydrogen-bond acceptors (Lipinski definition) is 2. The first-order valence-electron chi connectivity index (χ1n) is 5.56. The topological polar surface area (TPSA) is 21.3 Å². The van der Waals surface area contributed by atoms with Gasteiger partial charge < -0.3 is 10.1 Å². The molecule has 1 saturated heterocycles. The van der Waals surface area contributed by atoms with Crippen LogP contribution in [0.2, 0.25) is 0 Å². The molecule has 0 unspecified atom stereocenters. The predicted molar refractivity (Wildman–Crippen MR) is 57.9 cm³/mol. The maximum absolute atomic E-state index is 12.4. The molecule has 0 saturated carbocycles. The first-order valence-corrected chi connectivity index (χ1v) is 5.56. The predicted octanol–water partition coefficient (Wildman–Crippen LogP) is 2.69. The standard InChI is InChI=1S/C12H14F3NO/c13-12(14,15)10-2-1-3-11(6-10)17-8-9-4-5-16-7-9/h1-3,6,9,16H,4-5,7-8H2/t9-/m1/s1. The summed E-state index contributed by atoms with van der Waals surface area (Å²) in [4.78, 5) is 0. The van der Waals surface area contributed by atoms with Crippen molar-refractivity contribution in [2.75, 3.05) is 19.7 Å². The first kappa shape index (κ1) is 12.2. The summed E-state index contributed by atoms with van der Waals surface area (Å²) in [6.45, 7) is 2.30. The minimum absolute atomic E-state index is 0.284. The van der Waals surface area contributed by atoms with Crippen molar-refractivity contribution in [2.24, 2.45) is 5.92 Å². The number of alkyl halides is 3. The van der Waals surface area contributed by atoms with Crippen LogP contribution in [0, 0.1) is 5.92 Å². The highest BCUT2D eigenvalue weighted by Gasteiger charge is 2.30. The molecule has 1 aromatic carbocycles. The van der Waals surface area contributed by atoms with Crippen LogP contribution < -0.4 is 10.1 Å². The molecule has 0 bridgehead atoms. The molecular weight excluding hydrogens is 231 g/mol. The minimum atomic E-state index is -4.31. The average Bonchev–Trinajstić information content (AvgIpc) is 2.78. The lowest BCUT2D eigenvalue weighted by molar-refractivity contribution is -0.137. The van der Waals surface area contributed by atoms with Crippen molar-refractivity contribution in [3.05, 3.63) is 29.8 Å². The van der Waals surface area contributed by atoms with Crippen LogP contribution in [-0.2, 0) is 6.18 Å². The van der Waals surface area contributed by atoms with E-state index in [1.54, 1.807) is 6.07 Å². The number of rotatable bonds is 3. The normalized spacial score (nSPS) is 20.5. The van der Waals surface area contributed by atoms with E-state index in [1.807, 2.05) is 0 Å². The van der Waals surface area contributed by atoms with Crippen LogP contribution in [0.3, 0.4) is 0 Å². The fourth-order valence-electron chi connectivity index (χ4n) is 1.83. The van der Waals surface area contributed by atoms with Gasteiger partial charge in [0.1, 0.15) is 5.75 Å². The Labute approximate surface area is 97.8 Å². The second kappa shape index (κ2) is 4.96. The van der Waals surface area contributed by atoms with E-state index in [4.69, 9.17) is 4.74 Å². The van der Waals surface area contributed by atoms with E-state index in [2.05, 4.69) is 5.32 Å². The molecule has 1 aromatic rings. The van der Waals surface area contributed by atoms with Crippen molar-refractivity contribution < 1.29 is 17.9 Å². The summed E-state index contributed by atoms with van der Waals surface area (Å²) in [6, 6.07) is 5.01. The van der Waals surface area contributed by atoms with Crippen molar-refractivity contribution in [3.63, 3.8) is 0 Å². The van der Waals surface area contributed by atoms with Gasteiger partial charge in [-0.05, 0) is 31.2 Å². The van der Waals surface area contributed by atoms with Gasteiger partial charge in [-0.3, -0.25) is 0 Å². The molecule has 0 aromatic heterocycles. The van der Waals surface area contributed by atoms with Gasteiger partial charge in [0.15, 0.2) is 0 Å². The third-order valence-corrected chi connectivity index (χ3v) is 2.81. The summed E-state index contributed by atoms with van der Waals surface area (Å²) in [7, 11) is 0. The maximum atomic E-state index is 12.4. The fraction of sp³-hybridized carbons (Fsp3) is 0.500. The quantitative estimate of drug-likeness (QED) is 0.884. The Hall–Kier alpha value is -1.23. The maximum Gasteiger partial charge on any atom is 0.416 e. The zero-order valence-corrected chi connectivity index (χ0v) is 9.26. The van der Waals surface area contributed by atoms with Gasteiger partial charge in [-0.25, -0.2) is 0 Å². The minimum Gasteiger partial charge on any atom is -0.493 e. The van der Waals surface area contributed by atoms with Crippen molar-refractivity contribution in [1.82, 2.24) is 5.32 Å². The highest BCUT2D eigenvalue weighted by Crippen LogP contribution is 2.31. The highest BCUT2D eigenvalue weighted by atomic mass is 19.4. The lowest BCUT2D eigenvalue weighted by Crippen LogP contribution is -2.15. The van der Waals surface area contributed by atoms with Crippen LogP contribution in [0.25, 0.3) is 0 Å². The second-order valence-corrected chi connectivity index (χ2v) is 4.20. The van der Waals surface area contributed by atoms with Crippen LogP contribution in [0.15, 0.2) is 24.3 Å². The smallest absolute Gasteiger partial charge is 0.416 e. The van der Waals surface area contributed by atoms with Gasteiger partial charge in [0.25, 0.3) is 0 Å². The Kier molecular flexibility index (Phi) is 3.57. The molecule has 5 heteroatoms. The Bertz CT molecular complexity index is 372. The molecule has 1 N–H and O–H groups in total. The Morgan fingerprint density at radius 2 is 2.18 bits per heavy atom. The SMILES string of the molecule is FC(F)(F)c1cccc(OC[C@@H]2CCNC2)c1.